The molecule has 0 aliphatic heterocycles. The lowest BCUT2D eigenvalue weighted by Crippen LogP contribution is -2.40. The molecule has 0 spiro atoms. The summed E-state index contributed by atoms with van der Waals surface area (Å²) in [5.41, 5.74) is 24.9. The molecule has 0 fully saturated rings. The molecule has 0 aromatic carbocycles. The first-order chi connectivity index (χ1) is 18.6. The molecule has 0 rings (SSSR count). The Labute approximate surface area is 225 Å². The lowest BCUT2D eigenvalue weighted by molar-refractivity contribution is -0.154. The molecule has 0 heterocycles. The van der Waals surface area contributed by atoms with Gasteiger partial charge in [-0.2, -0.15) is 0 Å². The summed E-state index contributed by atoms with van der Waals surface area (Å²) >= 11 is 0. The van der Waals surface area contributed by atoms with Crippen LogP contribution >= 0.6 is 0 Å². The molecule has 0 saturated heterocycles. The smallest absolute Gasteiger partial charge is 0.302 e. The molecule has 0 aliphatic rings. The second-order valence-electron chi connectivity index (χ2n) is 8.33. The van der Waals surface area contributed by atoms with Gasteiger partial charge in [0.05, 0.1) is 59.3 Å². The number of carbonyl (C=O) groups is 3. The summed E-state index contributed by atoms with van der Waals surface area (Å²) in [6, 6.07) is 0. The van der Waals surface area contributed by atoms with Gasteiger partial charge >= 0.3 is 17.9 Å². The van der Waals surface area contributed by atoms with Crippen molar-refractivity contribution in [1.82, 2.24) is 0 Å². The van der Waals surface area contributed by atoms with Crippen molar-refractivity contribution in [2.75, 3.05) is 59.3 Å². The van der Waals surface area contributed by atoms with Crippen LogP contribution in [-0.4, -0.2) is 95.5 Å². The molecule has 0 radical (unpaired) electrons. The molecule has 18 heteroatoms. The Bertz CT molecular complexity index is 792. The summed E-state index contributed by atoms with van der Waals surface area (Å²) < 4.78 is 32.7. The highest BCUT2D eigenvalue weighted by molar-refractivity contribution is 5.66. The number of ether oxygens (including phenoxy) is 6. The minimum Gasteiger partial charge on any atom is -0.460 e. The number of hydrogen-bond donors (Lipinski definition) is 0. The number of esters is 3. The Morgan fingerprint density at radius 3 is 1.13 bits per heavy atom. The van der Waals surface area contributed by atoms with E-state index in [9.17, 15) is 14.4 Å². The molecule has 0 saturated carbocycles. The van der Waals surface area contributed by atoms with Crippen molar-refractivity contribution in [3.05, 3.63) is 31.3 Å². The molecule has 0 N–H and O–H groups in total. The predicted molar refractivity (Wildman–Crippen MR) is 134 cm³/mol. The summed E-state index contributed by atoms with van der Waals surface area (Å²) in [4.78, 5) is 42.1. The van der Waals surface area contributed by atoms with Crippen LogP contribution in [0.15, 0.2) is 15.3 Å². The van der Waals surface area contributed by atoms with Gasteiger partial charge in [-0.15, -0.1) is 0 Å². The quantitative estimate of drug-likeness (QED) is 0.0621. The lowest BCUT2D eigenvalue weighted by Gasteiger charge is -2.33. The molecular formula is C21H35N9O9. The molecule has 3 unspecified atom stereocenters. The molecule has 0 bridgehead atoms. The van der Waals surface area contributed by atoms with Gasteiger partial charge < -0.3 is 28.4 Å². The van der Waals surface area contributed by atoms with Crippen molar-refractivity contribution in [3.8, 4) is 0 Å². The van der Waals surface area contributed by atoms with E-state index in [1.54, 1.807) is 0 Å². The molecule has 3 atom stereocenters. The standard InChI is InChI=1S/C21H35N9O9/c1-5-21(12-34-9-18(6-25-28-22)37-15(2)31,13-35-10-19(7-26-29-23)38-16(3)32)14-36-11-20(8-27-30-24)39-17(4)33/h18-20H,5-14H2,1-4H3. The largest absolute Gasteiger partial charge is 0.460 e. The molecule has 218 valence electrons. The zero-order valence-corrected chi connectivity index (χ0v) is 22.5. The van der Waals surface area contributed by atoms with Crippen LogP contribution in [0.4, 0.5) is 0 Å². The summed E-state index contributed by atoms with van der Waals surface area (Å²) in [6.07, 6.45) is -1.98. The Kier molecular flexibility index (Phi) is 19.1. The summed E-state index contributed by atoms with van der Waals surface area (Å²) in [5, 5.41) is 10.3. The van der Waals surface area contributed by atoms with Crippen LogP contribution in [0.5, 0.6) is 0 Å². The highest BCUT2D eigenvalue weighted by Gasteiger charge is 2.32. The third-order valence-electron chi connectivity index (χ3n) is 4.93. The number of azide groups is 3. The average molecular weight is 558 g/mol. The van der Waals surface area contributed by atoms with Crippen molar-refractivity contribution in [2.45, 2.75) is 52.4 Å². The minimum absolute atomic E-state index is 0.0424. The maximum atomic E-state index is 11.4. The third kappa shape index (κ3) is 18.2. The van der Waals surface area contributed by atoms with Crippen molar-refractivity contribution in [1.29, 1.82) is 0 Å². The Hall–Kier alpha value is -3.78. The minimum atomic E-state index is -0.816. The topological polar surface area (TPSA) is 253 Å². The average Bonchev–Trinajstić information content (AvgIpc) is 2.87. The summed E-state index contributed by atoms with van der Waals surface area (Å²) in [5.74, 6) is -1.71. The van der Waals surface area contributed by atoms with Crippen LogP contribution in [0.3, 0.4) is 0 Å². The van der Waals surface area contributed by atoms with E-state index >= 15 is 0 Å². The number of carbonyl (C=O) groups excluding carboxylic acids is 3. The molecule has 0 aromatic heterocycles. The van der Waals surface area contributed by atoms with E-state index in [0.717, 1.165) is 0 Å². The zero-order valence-electron chi connectivity index (χ0n) is 22.5. The number of rotatable bonds is 22. The van der Waals surface area contributed by atoms with Gasteiger partial charge in [0.25, 0.3) is 0 Å². The van der Waals surface area contributed by atoms with Gasteiger partial charge in [0, 0.05) is 40.9 Å². The van der Waals surface area contributed by atoms with Gasteiger partial charge in [0.2, 0.25) is 0 Å². The monoisotopic (exact) mass is 557 g/mol. The molecule has 39 heavy (non-hydrogen) atoms. The van der Waals surface area contributed by atoms with Gasteiger partial charge in [0.1, 0.15) is 18.3 Å². The van der Waals surface area contributed by atoms with E-state index in [0.29, 0.717) is 6.42 Å². The van der Waals surface area contributed by atoms with E-state index < -0.39 is 41.6 Å². The van der Waals surface area contributed by atoms with Crippen LogP contribution in [0, 0.1) is 5.41 Å². The molecular weight excluding hydrogens is 522 g/mol. The van der Waals surface area contributed by atoms with Crippen molar-refractivity contribution in [2.24, 2.45) is 20.8 Å². The van der Waals surface area contributed by atoms with Gasteiger partial charge in [-0.1, -0.05) is 22.3 Å². The van der Waals surface area contributed by atoms with Crippen molar-refractivity contribution < 1.29 is 42.8 Å². The first-order valence-electron chi connectivity index (χ1n) is 11.9. The molecule has 0 aliphatic carbocycles. The number of nitrogens with zero attached hydrogens (tertiary/aromatic N) is 9. The van der Waals surface area contributed by atoms with E-state index in [1.807, 2.05) is 6.92 Å². The fraction of sp³-hybridized carbons (Fsp3) is 0.857. The van der Waals surface area contributed by atoms with Gasteiger partial charge in [-0.3, -0.25) is 14.4 Å². The SMILES string of the molecule is CCC(COCC(CN=[N+]=[N-])OC(C)=O)(COCC(CN=[N+]=[N-])OC(C)=O)COCC(CN=[N+]=[N-])OC(C)=O. The second-order valence-corrected chi connectivity index (χ2v) is 8.33. The molecule has 18 nitrogen and oxygen atoms in total. The summed E-state index contributed by atoms with van der Waals surface area (Å²) in [7, 11) is 0. The van der Waals surface area contributed by atoms with Crippen LogP contribution in [0.2, 0.25) is 0 Å². The number of hydrogen-bond acceptors (Lipinski definition) is 12. The fourth-order valence-corrected chi connectivity index (χ4v) is 3.11. The first-order valence-corrected chi connectivity index (χ1v) is 11.9. The normalized spacial score (nSPS) is 14.2. The van der Waals surface area contributed by atoms with Crippen LogP contribution in [0.25, 0.3) is 31.3 Å². The zero-order chi connectivity index (χ0) is 29.5. The maximum Gasteiger partial charge on any atom is 0.302 e. The Balaban J connectivity index is 5.51. The lowest BCUT2D eigenvalue weighted by atomic mass is 9.88. The highest BCUT2D eigenvalue weighted by atomic mass is 16.6. The van der Waals surface area contributed by atoms with Crippen LogP contribution < -0.4 is 0 Å². The first kappa shape index (κ1) is 35.2. The van der Waals surface area contributed by atoms with E-state index in [2.05, 4.69) is 30.1 Å². The Morgan fingerprint density at radius 1 is 0.641 bits per heavy atom. The van der Waals surface area contributed by atoms with Crippen LogP contribution in [0.1, 0.15) is 34.1 Å². The van der Waals surface area contributed by atoms with Crippen LogP contribution in [-0.2, 0) is 42.8 Å². The second kappa shape index (κ2) is 21.2. The van der Waals surface area contributed by atoms with Gasteiger partial charge in [-0.25, -0.2) is 0 Å². The maximum absolute atomic E-state index is 11.4. The van der Waals surface area contributed by atoms with Crippen molar-refractivity contribution in [3.63, 3.8) is 0 Å². The van der Waals surface area contributed by atoms with Gasteiger partial charge in [0.15, 0.2) is 0 Å². The Morgan fingerprint density at radius 2 is 0.923 bits per heavy atom. The van der Waals surface area contributed by atoms with Gasteiger partial charge in [-0.05, 0) is 23.0 Å². The summed E-state index contributed by atoms with van der Waals surface area (Å²) in [6.45, 7) is 4.99. The molecule has 0 amide bonds. The molecule has 0 aromatic rings. The third-order valence-corrected chi connectivity index (χ3v) is 4.93. The van der Waals surface area contributed by atoms with E-state index in [4.69, 9.17) is 45.0 Å². The fourth-order valence-electron chi connectivity index (χ4n) is 3.11. The van der Waals surface area contributed by atoms with Crippen molar-refractivity contribution >= 4 is 17.9 Å². The van der Waals surface area contributed by atoms with E-state index in [-0.39, 0.29) is 59.3 Å². The highest BCUT2D eigenvalue weighted by Crippen LogP contribution is 2.25. The predicted octanol–water partition coefficient (Wildman–Crippen LogP) is 3.16. The van der Waals surface area contributed by atoms with E-state index in [1.165, 1.54) is 20.8 Å².